The van der Waals surface area contributed by atoms with Crippen molar-refractivity contribution >= 4 is 12.9 Å². The zero-order valence-corrected chi connectivity index (χ0v) is 9.85. The smallest absolute Gasteiger partial charge is 0.330 e. The second-order valence-corrected chi connectivity index (χ2v) is 3.70. The first-order valence-corrected chi connectivity index (χ1v) is 5.54. The minimum Gasteiger partial charge on any atom is -0.457 e. The van der Waals surface area contributed by atoms with Gasteiger partial charge < -0.3 is 9.39 Å². The Morgan fingerprint density at radius 3 is 3.18 bits per heavy atom. The van der Waals surface area contributed by atoms with E-state index in [1.807, 2.05) is 43.4 Å². The minimum absolute atomic E-state index is 0.622. The number of hydrogen-bond acceptors (Lipinski definition) is 2. The summed E-state index contributed by atoms with van der Waals surface area (Å²) in [5.41, 5.74) is 2.28. The summed E-state index contributed by atoms with van der Waals surface area (Å²) in [5, 5.41) is 0. The molecule has 1 aliphatic heterocycles. The maximum atomic E-state index is 5.75. The Hall–Kier alpha value is -1.74. The summed E-state index contributed by atoms with van der Waals surface area (Å²) >= 11 is 0. The van der Waals surface area contributed by atoms with E-state index in [1.54, 1.807) is 13.6 Å². The predicted molar refractivity (Wildman–Crippen MR) is 70.3 cm³/mol. The highest BCUT2D eigenvalue weighted by Gasteiger charge is 2.13. The molecule has 0 spiro atoms. The van der Waals surface area contributed by atoms with Crippen molar-refractivity contribution in [1.29, 1.82) is 0 Å². The number of hydrogen-bond donors (Lipinski definition) is 0. The lowest BCUT2D eigenvalue weighted by atomic mass is 9.87. The van der Waals surface area contributed by atoms with Crippen molar-refractivity contribution in [2.75, 3.05) is 0 Å². The van der Waals surface area contributed by atoms with Gasteiger partial charge in [-0.25, -0.2) is 0 Å². The Balaban J connectivity index is 2.18. The second kappa shape index (κ2) is 5.55. The van der Waals surface area contributed by atoms with Gasteiger partial charge in [-0.15, -0.1) is 0 Å². The lowest BCUT2D eigenvalue weighted by Gasteiger charge is -2.07. The van der Waals surface area contributed by atoms with Gasteiger partial charge in [0, 0.05) is 0 Å². The Morgan fingerprint density at radius 2 is 2.41 bits per heavy atom. The van der Waals surface area contributed by atoms with Crippen molar-refractivity contribution in [3.05, 3.63) is 60.4 Å². The van der Waals surface area contributed by atoms with Crippen LogP contribution in [0.4, 0.5) is 0 Å². The van der Waals surface area contributed by atoms with Gasteiger partial charge >= 0.3 is 7.48 Å². The third-order valence-corrected chi connectivity index (χ3v) is 2.41. The molecule has 17 heavy (non-hydrogen) atoms. The largest absolute Gasteiger partial charge is 0.457 e. The van der Waals surface area contributed by atoms with Crippen LogP contribution in [0.25, 0.3) is 0 Å². The fraction of sp³-hybridized carbons (Fsp3) is 0.143. The maximum Gasteiger partial charge on any atom is 0.330 e. The van der Waals surface area contributed by atoms with Gasteiger partial charge in [-0.1, -0.05) is 24.8 Å². The monoisotopic (exact) mass is 225 g/mol. The minimum atomic E-state index is 0.622. The first-order valence-electron chi connectivity index (χ1n) is 5.54. The zero-order valence-electron chi connectivity index (χ0n) is 9.85. The molecule has 2 nitrogen and oxygen atoms in total. The van der Waals surface area contributed by atoms with Gasteiger partial charge in [0.2, 0.25) is 0 Å². The molecule has 0 atom stereocenters. The summed E-state index contributed by atoms with van der Waals surface area (Å²) in [6, 6.07) is 5.93. The highest BCUT2D eigenvalue weighted by Crippen LogP contribution is 2.18. The lowest BCUT2D eigenvalue weighted by molar-refractivity contribution is 0.344. The lowest BCUT2D eigenvalue weighted by Crippen LogP contribution is -2.10. The van der Waals surface area contributed by atoms with Crippen molar-refractivity contribution in [1.82, 2.24) is 0 Å². The van der Waals surface area contributed by atoms with Crippen LogP contribution in [-0.2, 0) is 11.3 Å². The molecule has 0 aromatic heterocycles. The summed E-state index contributed by atoms with van der Waals surface area (Å²) in [6.45, 7) is 6.24. The van der Waals surface area contributed by atoms with E-state index in [1.165, 1.54) is 0 Å². The summed E-state index contributed by atoms with van der Waals surface area (Å²) < 4.78 is 11.0. The van der Waals surface area contributed by atoms with Gasteiger partial charge in [-0.3, -0.25) is 0 Å². The number of fused-ring (bicyclic) bond motifs is 1. The van der Waals surface area contributed by atoms with Crippen LogP contribution in [0.2, 0.25) is 0 Å². The molecule has 85 valence electrons. The van der Waals surface area contributed by atoms with Crippen molar-refractivity contribution < 1.29 is 9.39 Å². The zero-order chi connectivity index (χ0) is 12.1. The Kier molecular flexibility index (Phi) is 3.83. The van der Waals surface area contributed by atoms with E-state index in [9.17, 15) is 0 Å². The van der Waals surface area contributed by atoms with Crippen molar-refractivity contribution in [2.24, 2.45) is 0 Å². The molecular formula is C14H14BO2. The van der Waals surface area contributed by atoms with Crippen LogP contribution in [-0.4, -0.2) is 7.48 Å². The van der Waals surface area contributed by atoms with E-state index in [2.05, 4.69) is 6.58 Å². The predicted octanol–water partition coefficient (Wildman–Crippen LogP) is 2.49. The van der Waals surface area contributed by atoms with Crippen LogP contribution in [0.5, 0.6) is 5.75 Å². The first-order chi connectivity index (χ1) is 8.33. The van der Waals surface area contributed by atoms with Gasteiger partial charge in [0.25, 0.3) is 0 Å². The molecule has 0 amide bonds. The first kappa shape index (κ1) is 11.7. The SMILES string of the molecule is C=C/C=C(\C=C/C)Oc1ccc2c(c1)CO[B]2. The highest BCUT2D eigenvalue weighted by molar-refractivity contribution is 6.48. The molecular weight excluding hydrogens is 211 g/mol. The van der Waals surface area contributed by atoms with Crippen LogP contribution in [0.3, 0.4) is 0 Å². The van der Waals surface area contributed by atoms with Gasteiger partial charge in [-0.2, -0.15) is 0 Å². The highest BCUT2D eigenvalue weighted by atomic mass is 16.5. The molecule has 1 aliphatic rings. The topological polar surface area (TPSA) is 18.5 Å². The summed E-state index contributed by atoms with van der Waals surface area (Å²) in [7, 11) is 1.77. The molecule has 0 N–H and O–H groups in total. The quantitative estimate of drug-likeness (QED) is 0.445. The fourth-order valence-electron chi connectivity index (χ4n) is 1.65. The van der Waals surface area contributed by atoms with Crippen LogP contribution in [0, 0.1) is 0 Å². The van der Waals surface area contributed by atoms with Crippen LogP contribution >= 0.6 is 0 Å². The molecule has 0 unspecified atom stereocenters. The van der Waals surface area contributed by atoms with Crippen LogP contribution < -0.4 is 10.2 Å². The van der Waals surface area contributed by atoms with Gasteiger partial charge in [0.1, 0.15) is 11.5 Å². The average Bonchev–Trinajstić information content (AvgIpc) is 2.77. The molecule has 1 aromatic rings. The number of benzene rings is 1. The second-order valence-electron chi connectivity index (χ2n) is 3.70. The molecule has 0 bridgehead atoms. The van der Waals surface area contributed by atoms with Crippen molar-refractivity contribution in [2.45, 2.75) is 13.5 Å². The number of allylic oxidation sites excluding steroid dienone is 4. The molecule has 3 heteroatoms. The van der Waals surface area contributed by atoms with Crippen LogP contribution in [0.15, 0.2) is 54.8 Å². The average molecular weight is 225 g/mol. The van der Waals surface area contributed by atoms with E-state index < -0.39 is 0 Å². The Bertz CT molecular complexity index is 475. The van der Waals surface area contributed by atoms with Crippen molar-refractivity contribution in [3.8, 4) is 5.75 Å². The summed E-state index contributed by atoms with van der Waals surface area (Å²) in [4.78, 5) is 0. The van der Waals surface area contributed by atoms with Crippen LogP contribution in [0.1, 0.15) is 12.5 Å². The van der Waals surface area contributed by atoms with E-state index >= 15 is 0 Å². The molecule has 1 heterocycles. The van der Waals surface area contributed by atoms with Gasteiger partial charge in [0.05, 0.1) is 6.61 Å². The Morgan fingerprint density at radius 1 is 1.53 bits per heavy atom. The maximum absolute atomic E-state index is 5.75. The normalized spacial score (nSPS) is 14.5. The third-order valence-electron chi connectivity index (χ3n) is 2.41. The molecule has 0 fully saturated rings. The third kappa shape index (κ3) is 2.89. The number of rotatable bonds is 4. The molecule has 1 aromatic carbocycles. The standard InChI is InChI=1S/C14H14BO2/c1-3-5-12(6-4-2)17-13-7-8-14-11(9-13)10-16-15-14/h3-9H,1,10H2,2H3/b6-4-,12-5+. The van der Waals surface area contributed by atoms with Crippen molar-refractivity contribution in [3.63, 3.8) is 0 Å². The van der Waals surface area contributed by atoms with E-state index in [0.29, 0.717) is 6.61 Å². The van der Waals surface area contributed by atoms with Gasteiger partial charge in [-0.05, 0) is 42.2 Å². The fourth-order valence-corrected chi connectivity index (χ4v) is 1.65. The molecule has 0 aliphatic carbocycles. The van der Waals surface area contributed by atoms with E-state index in [0.717, 1.165) is 22.5 Å². The molecule has 2 rings (SSSR count). The van der Waals surface area contributed by atoms with E-state index in [-0.39, 0.29) is 0 Å². The van der Waals surface area contributed by atoms with Gasteiger partial charge in [0.15, 0.2) is 0 Å². The number of ether oxygens (including phenoxy) is 1. The summed E-state index contributed by atoms with van der Waals surface area (Å²) in [6.07, 6.45) is 7.37. The molecule has 0 saturated heterocycles. The van der Waals surface area contributed by atoms with E-state index in [4.69, 9.17) is 9.39 Å². The molecule has 1 radical (unpaired) electrons. The summed E-state index contributed by atoms with van der Waals surface area (Å²) in [5.74, 6) is 1.58. The molecule has 0 saturated carbocycles. The Labute approximate surface area is 103 Å².